The first-order chi connectivity index (χ1) is 10.2. The number of nitrogens with one attached hydrogen (secondary N) is 1. The van der Waals surface area contributed by atoms with E-state index in [1.807, 2.05) is 6.92 Å². The molecule has 0 fully saturated rings. The average Bonchev–Trinajstić information content (AvgIpc) is 2.45. The van der Waals surface area contributed by atoms with Gasteiger partial charge in [0.15, 0.2) is 0 Å². The van der Waals surface area contributed by atoms with E-state index in [0.717, 1.165) is 37.4 Å². The lowest BCUT2D eigenvalue weighted by molar-refractivity contribution is 0.0792. The van der Waals surface area contributed by atoms with Crippen molar-refractivity contribution in [2.45, 2.75) is 33.7 Å². The van der Waals surface area contributed by atoms with Crippen LogP contribution < -0.4 is 10.1 Å². The van der Waals surface area contributed by atoms with E-state index in [2.05, 4.69) is 30.2 Å². The summed E-state index contributed by atoms with van der Waals surface area (Å²) in [6, 6.07) is 2.08. The maximum absolute atomic E-state index is 5.80. The molecule has 1 heterocycles. The van der Waals surface area contributed by atoms with Gasteiger partial charge in [-0.25, -0.2) is 4.98 Å². The van der Waals surface area contributed by atoms with E-state index in [1.165, 1.54) is 5.56 Å². The standard InChI is InChI=1S/C16H28N2O3/c1-5-17-12-15-13(2)11-14(3)18-16(15)21-10-9-20-8-6-7-19-4/h11,17H,5-10,12H2,1-4H3. The molecule has 5 heteroatoms. The van der Waals surface area contributed by atoms with E-state index in [-0.39, 0.29) is 0 Å². The van der Waals surface area contributed by atoms with Crippen molar-refractivity contribution in [3.63, 3.8) is 0 Å². The number of ether oxygens (including phenoxy) is 3. The molecule has 0 aromatic carbocycles. The van der Waals surface area contributed by atoms with Gasteiger partial charge in [-0.15, -0.1) is 0 Å². The Hall–Kier alpha value is -1.17. The minimum atomic E-state index is 0.516. The first-order valence-corrected chi connectivity index (χ1v) is 7.56. The minimum Gasteiger partial charge on any atom is -0.475 e. The van der Waals surface area contributed by atoms with Gasteiger partial charge in [0.2, 0.25) is 5.88 Å². The molecule has 1 N–H and O–H groups in total. The van der Waals surface area contributed by atoms with Crippen LogP contribution in [0.15, 0.2) is 6.07 Å². The second kappa shape index (κ2) is 10.5. The number of pyridine rings is 1. The Morgan fingerprint density at radius 1 is 1.14 bits per heavy atom. The Balaban J connectivity index is 2.45. The van der Waals surface area contributed by atoms with Crippen molar-refractivity contribution in [2.75, 3.05) is 40.1 Å². The highest BCUT2D eigenvalue weighted by molar-refractivity contribution is 5.35. The van der Waals surface area contributed by atoms with Crippen LogP contribution >= 0.6 is 0 Å². The summed E-state index contributed by atoms with van der Waals surface area (Å²) in [4.78, 5) is 4.50. The van der Waals surface area contributed by atoms with Gasteiger partial charge in [0, 0.05) is 38.1 Å². The fourth-order valence-electron chi connectivity index (χ4n) is 2.02. The van der Waals surface area contributed by atoms with E-state index < -0.39 is 0 Å². The molecule has 0 amide bonds. The molecule has 0 saturated carbocycles. The third kappa shape index (κ3) is 6.89. The van der Waals surface area contributed by atoms with E-state index >= 15 is 0 Å². The molecule has 0 radical (unpaired) electrons. The van der Waals surface area contributed by atoms with E-state index in [9.17, 15) is 0 Å². The van der Waals surface area contributed by atoms with Crippen molar-refractivity contribution in [3.8, 4) is 5.88 Å². The molecule has 0 atom stereocenters. The van der Waals surface area contributed by atoms with Crippen LogP contribution in [0.5, 0.6) is 5.88 Å². The Bertz CT molecular complexity index is 411. The van der Waals surface area contributed by atoms with Gasteiger partial charge in [0.25, 0.3) is 0 Å². The third-order valence-corrected chi connectivity index (χ3v) is 3.09. The molecule has 1 aromatic heterocycles. The molecule has 0 aliphatic rings. The van der Waals surface area contributed by atoms with Gasteiger partial charge >= 0.3 is 0 Å². The summed E-state index contributed by atoms with van der Waals surface area (Å²) in [6.45, 7) is 10.4. The molecule has 0 aliphatic carbocycles. The zero-order valence-corrected chi connectivity index (χ0v) is 13.7. The summed E-state index contributed by atoms with van der Waals surface area (Å²) >= 11 is 0. The smallest absolute Gasteiger partial charge is 0.218 e. The van der Waals surface area contributed by atoms with Crippen LogP contribution in [0.4, 0.5) is 0 Å². The second-order valence-electron chi connectivity index (χ2n) is 4.95. The fourth-order valence-corrected chi connectivity index (χ4v) is 2.02. The molecular formula is C16H28N2O3. The van der Waals surface area contributed by atoms with Crippen molar-refractivity contribution in [3.05, 3.63) is 22.9 Å². The maximum Gasteiger partial charge on any atom is 0.218 e. The lowest BCUT2D eigenvalue weighted by Gasteiger charge is -2.14. The zero-order valence-electron chi connectivity index (χ0n) is 13.7. The lowest BCUT2D eigenvalue weighted by Crippen LogP contribution is -2.16. The number of hydrogen-bond donors (Lipinski definition) is 1. The van der Waals surface area contributed by atoms with Gasteiger partial charge in [0.05, 0.1) is 6.61 Å². The molecule has 1 rings (SSSR count). The number of nitrogens with zero attached hydrogens (tertiary/aromatic N) is 1. The second-order valence-corrected chi connectivity index (χ2v) is 4.95. The molecule has 0 bridgehead atoms. The van der Waals surface area contributed by atoms with Gasteiger partial charge in [-0.05, 0) is 38.4 Å². The molecule has 1 aromatic rings. The van der Waals surface area contributed by atoms with Crippen molar-refractivity contribution < 1.29 is 14.2 Å². The lowest BCUT2D eigenvalue weighted by atomic mass is 10.1. The van der Waals surface area contributed by atoms with Crippen molar-refractivity contribution in [2.24, 2.45) is 0 Å². The number of rotatable bonds is 11. The third-order valence-electron chi connectivity index (χ3n) is 3.09. The van der Waals surface area contributed by atoms with Gasteiger partial charge in [0.1, 0.15) is 6.61 Å². The van der Waals surface area contributed by atoms with Crippen LogP contribution in [0.1, 0.15) is 30.2 Å². The van der Waals surface area contributed by atoms with E-state index in [4.69, 9.17) is 14.2 Å². The summed E-state index contributed by atoms with van der Waals surface area (Å²) in [5.41, 5.74) is 3.31. The molecular weight excluding hydrogens is 268 g/mol. The SMILES string of the molecule is CCNCc1c(C)cc(C)nc1OCCOCCCOC. The molecule has 120 valence electrons. The highest BCUT2D eigenvalue weighted by Gasteiger charge is 2.09. The predicted octanol–water partition coefficient (Wildman–Crippen LogP) is 2.24. The Morgan fingerprint density at radius 3 is 2.67 bits per heavy atom. The number of aryl methyl sites for hydroxylation is 2. The Kier molecular flexibility index (Phi) is 8.98. The van der Waals surface area contributed by atoms with Crippen LogP contribution in [0.25, 0.3) is 0 Å². The summed E-state index contributed by atoms with van der Waals surface area (Å²) in [5.74, 6) is 0.717. The summed E-state index contributed by atoms with van der Waals surface area (Å²) in [5, 5.41) is 3.32. The van der Waals surface area contributed by atoms with Crippen LogP contribution in [0.3, 0.4) is 0 Å². The molecule has 0 aliphatic heterocycles. The van der Waals surface area contributed by atoms with Gasteiger partial charge in [-0.3, -0.25) is 0 Å². The van der Waals surface area contributed by atoms with Crippen LogP contribution in [-0.4, -0.2) is 45.1 Å². The van der Waals surface area contributed by atoms with Crippen LogP contribution in [-0.2, 0) is 16.0 Å². The summed E-state index contributed by atoms with van der Waals surface area (Å²) in [7, 11) is 1.70. The number of hydrogen-bond acceptors (Lipinski definition) is 5. The van der Waals surface area contributed by atoms with Crippen LogP contribution in [0.2, 0.25) is 0 Å². The first-order valence-electron chi connectivity index (χ1n) is 7.56. The molecule has 21 heavy (non-hydrogen) atoms. The first kappa shape index (κ1) is 17.9. The highest BCUT2D eigenvalue weighted by Crippen LogP contribution is 2.20. The largest absolute Gasteiger partial charge is 0.475 e. The van der Waals surface area contributed by atoms with E-state index in [0.29, 0.717) is 25.7 Å². The highest BCUT2D eigenvalue weighted by atomic mass is 16.5. The molecule has 0 saturated heterocycles. The molecule has 0 spiro atoms. The minimum absolute atomic E-state index is 0.516. The fraction of sp³-hybridized carbons (Fsp3) is 0.688. The maximum atomic E-state index is 5.80. The Labute approximate surface area is 128 Å². The van der Waals surface area contributed by atoms with Gasteiger partial charge in [-0.1, -0.05) is 6.92 Å². The quantitative estimate of drug-likeness (QED) is 0.635. The number of methoxy groups -OCH3 is 1. The van der Waals surface area contributed by atoms with Crippen molar-refractivity contribution >= 4 is 0 Å². The number of aromatic nitrogens is 1. The van der Waals surface area contributed by atoms with Gasteiger partial charge < -0.3 is 19.5 Å². The topological polar surface area (TPSA) is 52.6 Å². The van der Waals surface area contributed by atoms with E-state index in [1.54, 1.807) is 7.11 Å². The predicted molar refractivity (Wildman–Crippen MR) is 83.9 cm³/mol. The van der Waals surface area contributed by atoms with Crippen LogP contribution in [0, 0.1) is 13.8 Å². The zero-order chi connectivity index (χ0) is 15.5. The molecule has 5 nitrogen and oxygen atoms in total. The monoisotopic (exact) mass is 296 g/mol. The summed E-state index contributed by atoms with van der Waals surface area (Å²) in [6.07, 6.45) is 0.907. The van der Waals surface area contributed by atoms with Crippen molar-refractivity contribution in [1.82, 2.24) is 10.3 Å². The molecule has 0 unspecified atom stereocenters. The Morgan fingerprint density at radius 2 is 1.95 bits per heavy atom. The summed E-state index contributed by atoms with van der Waals surface area (Å²) < 4.78 is 16.3. The van der Waals surface area contributed by atoms with Gasteiger partial charge in [-0.2, -0.15) is 0 Å². The van der Waals surface area contributed by atoms with Crippen molar-refractivity contribution in [1.29, 1.82) is 0 Å². The normalized spacial score (nSPS) is 10.9. The average molecular weight is 296 g/mol.